The first kappa shape index (κ1) is 10.5. The molecule has 2 aliphatic carbocycles. The zero-order chi connectivity index (χ0) is 10.0. The molecule has 0 aliphatic heterocycles. The lowest BCUT2D eigenvalue weighted by molar-refractivity contribution is -0.0575. The predicted octanol–water partition coefficient (Wildman–Crippen LogP) is 3.51. The first-order valence-electron chi connectivity index (χ1n) is 6.47. The molecule has 2 aliphatic rings. The third-order valence-electron chi connectivity index (χ3n) is 4.66. The first-order valence-corrected chi connectivity index (χ1v) is 6.47. The molecule has 0 bridgehead atoms. The minimum Gasteiger partial charge on any atom is -0.390 e. The maximum absolute atomic E-state index is 10.6. The van der Waals surface area contributed by atoms with Crippen LogP contribution < -0.4 is 0 Å². The summed E-state index contributed by atoms with van der Waals surface area (Å²) in [6.07, 6.45) is 11.3. The van der Waals surface area contributed by atoms with E-state index in [-0.39, 0.29) is 5.60 Å². The monoisotopic (exact) mass is 196 g/mol. The Morgan fingerprint density at radius 2 is 1.64 bits per heavy atom. The largest absolute Gasteiger partial charge is 0.390 e. The Morgan fingerprint density at radius 3 is 2.14 bits per heavy atom. The summed E-state index contributed by atoms with van der Waals surface area (Å²) in [7, 11) is 0. The predicted molar refractivity (Wildman–Crippen MR) is 59.2 cm³/mol. The molecule has 0 heterocycles. The summed E-state index contributed by atoms with van der Waals surface area (Å²) in [6, 6.07) is 0. The quantitative estimate of drug-likeness (QED) is 0.716. The molecule has 1 heteroatoms. The fourth-order valence-corrected chi connectivity index (χ4v) is 3.46. The second kappa shape index (κ2) is 4.22. The van der Waals surface area contributed by atoms with Gasteiger partial charge in [-0.15, -0.1) is 0 Å². The fraction of sp³-hybridized carbons (Fsp3) is 1.00. The van der Waals surface area contributed by atoms with Crippen molar-refractivity contribution in [2.75, 3.05) is 0 Å². The summed E-state index contributed by atoms with van der Waals surface area (Å²) < 4.78 is 0. The summed E-state index contributed by atoms with van der Waals surface area (Å²) in [6.45, 7) is 2.28. The normalized spacial score (nSPS) is 40.3. The van der Waals surface area contributed by atoms with Gasteiger partial charge in [-0.05, 0) is 50.4 Å². The smallest absolute Gasteiger partial charge is 0.0676 e. The van der Waals surface area contributed by atoms with Crippen LogP contribution in [0.2, 0.25) is 0 Å². The lowest BCUT2D eigenvalue weighted by atomic mass is 9.71. The van der Waals surface area contributed by atoms with Gasteiger partial charge in [0.1, 0.15) is 0 Å². The SMILES string of the molecule is CCC1CCC(O)(C2CCCC2)CC1. The van der Waals surface area contributed by atoms with Crippen molar-refractivity contribution in [2.45, 2.75) is 70.3 Å². The minimum absolute atomic E-state index is 0.262. The van der Waals surface area contributed by atoms with Crippen LogP contribution >= 0.6 is 0 Å². The van der Waals surface area contributed by atoms with E-state index in [2.05, 4.69) is 6.92 Å². The van der Waals surface area contributed by atoms with Crippen LogP contribution in [0.4, 0.5) is 0 Å². The van der Waals surface area contributed by atoms with Crippen molar-refractivity contribution in [3.8, 4) is 0 Å². The van der Waals surface area contributed by atoms with Gasteiger partial charge in [-0.25, -0.2) is 0 Å². The Morgan fingerprint density at radius 1 is 1.07 bits per heavy atom. The molecule has 2 saturated carbocycles. The maximum Gasteiger partial charge on any atom is 0.0676 e. The molecule has 14 heavy (non-hydrogen) atoms. The minimum atomic E-state index is -0.262. The summed E-state index contributed by atoms with van der Waals surface area (Å²) in [5, 5.41) is 10.6. The van der Waals surface area contributed by atoms with Crippen molar-refractivity contribution >= 4 is 0 Å². The average molecular weight is 196 g/mol. The van der Waals surface area contributed by atoms with Gasteiger partial charge in [0.15, 0.2) is 0 Å². The van der Waals surface area contributed by atoms with Crippen LogP contribution in [0, 0.1) is 11.8 Å². The molecule has 0 saturated heterocycles. The van der Waals surface area contributed by atoms with Crippen LogP contribution in [0.3, 0.4) is 0 Å². The van der Waals surface area contributed by atoms with E-state index < -0.39 is 0 Å². The van der Waals surface area contributed by atoms with Crippen molar-refractivity contribution < 1.29 is 5.11 Å². The summed E-state index contributed by atoms with van der Waals surface area (Å²) >= 11 is 0. The van der Waals surface area contributed by atoms with Crippen LogP contribution in [-0.2, 0) is 0 Å². The van der Waals surface area contributed by atoms with E-state index in [1.54, 1.807) is 0 Å². The Labute approximate surface area is 87.9 Å². The van der Waals surface area contributed by atoms with Crippen LogP contribution in [0.1, 0.15) is 64.7 Å². The van der Waals surface area contributed by atoms with Crippen molar-refractivity contribution in [2.24, 2.45) is 11.8 Å². The number of aliphatic hydroxyl groups is 1. The van der Waals surface area contributed by atoms with E-state index in [0.29, 0.717) is 5.92 Å². The number of hydrogen-bond donors (Lipinski definition) is 1. The topological polar surface area (TPSA) is 20.2 Å². The second-order valence-corrected chi connectivity index (χ2v) is 5.44. The van der Waals surface area contributed by atoms with E-state index in [9.17, 15) is 5.11 Å². The lowest BCUT2D eigenvalue weighted by Crippen LogP contribution is -2.40. The van der Waals surface area contributed by atoms with Crippen molar-refractivity contribution in [3.63, 3.8) is 0 Å². The Kier molecular flexibility index (Phi) is 3.16. The summed E-state index contributed by atoms with van der Waals surface area (Å²) in [5.41, 5.74) is -0.262. The number of rotatable bonds is 2. The van der Waals surface area contributed by atoms with Crippen molar-refractivity contribution in [3.05, 3.63) is 0 Å². The molecule has 0 amide bonds. The van der Waals surface area contributed by atoms with Gasteiger partial charge in [-0.2, -0.15) is 0 Å². The maximum atomic E-state index is 10.6. The molecule has 0 atom stereocenters. The Balaban J connectivity index is 1.90. The van der Waals surface area contributed by atoms with E-state index in [1.165, 1.54) is 44.9 Å². The highest BCUT2D eigenvalue weighted by atomic mass is 16.3. The molecule has 82 valence electrons. The molecule has 0 radical (unpaired) electrons. The van der Waals surface area contributed by atoms with E-state index in [1.807, 2.05) is 0 Å². The van der Waals surface area contributed by atoms with E-state index >= 15 is 0 Å². The first-order chi connectivity index (χ1) is 6.74. The standard InChI is InChI=1S/C13H24O/c1-2-11-7-9-13(14,10-8-11)12-5-3-4-6-12/h11-12,14H,2-10H2,1H3. The van der Waals surface area contributed by atoms with Crippen molar-refractivity contribution in [1.29, 1.82) is 0 Å². The highest BCUT2D eigenvalue weighted by molar-refractivity contribution is 4.92. The third kappa shape index (κ3) is 1.98. The van der Waals surface area contributed by atoms with E-state index in [4.69, 9.17) is 0 Å². The molecule has 0 spiro atoms. The number of hydrogen-bond acceptors (Lipinski definition) is 1. The zero-order valence-electron chi connectivity index (χ0n) is 9.47. The molecule has 2 fully saturated rings. The molecule has 0 aromatic carbocycles. The van der Waals surface area contributed by atoms with Gasteiger partial charge in [0.25, 0.3) is 0 Å². The highest BCUT2D eigenvalue weighted by Crippen LogP contribution is 2.44. The van der Waals surface area contributed by atoms with Gasteiger partial charge in [-0.3, -0.25) is 0 Å². The molecule has 0 unspecified atom stereocenters. The molecule has 0 aromatic heterocycles. The van der Waals surface area contributed by atoms with Gasteiger partial charge in [0, 0.05) is 0 Å². The van der Waals surface area contributed by atoms with Crippen molar-refractivity contribution in [1.82, 2.24) is 0 Å². The van der Waals surface area contributed by atoms with Gasteiger partial charge in [-0.1, -0.05) is 26.2 Å². The van der Waals surface area contributed by atoms with Gasteiger partial charge in [0.2, 0.25) is 0 Å². The molecule has 1 nitrogen and oxygen atoms in total. The fourth-order valence-electron chi connectivity index (χ4n) is 3.46. The molecule has 2 rings (SSSR count). The highest BCUT2D eigenvalue weighted by Gasteiger charge is 2.40. The molecular weight excluding hydrogens is 172 g/mol. The van der Waals surface area contributed by atoms with Gasteiger partial charge >= 0.3 is 0 Å². The van der Waals surface area contributed by atoms with E-state index in [0.717, 1.165) is 18.8 Å². The molecular formula is C13H24O. The Hall–Kier alpha value is -0.0400. The van der Waals surface area contributed by atoms with Gasteiger partial charge in [0.05, 0.1) is 5.60 Å². The third-order valence-corrected chi connectivity index (χ3v) is 4.66. The average Bonchev–Trinajstić information content (AvgIpc) is 2.72. The zero-order valence-corrected chi connectivity index (χ0v) is 9.47. The molecule has 0 aromatic rings. The second-order valence-electron chi connectivity index (χ2n) is 5.44. The Bertz CT molecular complexity index is 174. The van der Waals surface area contributed by atoms with Crippen LogP contribution in [0.15, 0.2) is 0 Å². The van der Waals surface area contributed by atoms with Gasteiger partial charge < -0.3 is 5.11 Å². The van der Waals surface area contributed by atoms with Crippen LogP contribution in [-0.4, -0.2) is 10.7 Å². The van der Waals surface area contributed by atoms with Crippen LogP contribution in [0.5, 0.6) is 0 Å². The molecule has 1 N–H and O–H groups in total. The lowest BCUT2D eigenvalue weighted by Gasteiger charge is -2.40. The summed E-state index contributed by atoms with van der Waals surface area (Å²) in [5.74, 6) is 1.54. The van der Waals surface area contributed by atoms with Crippen LogP contribution in [0.25, 0.3) is 0 Å². The summed E-state index contributed by atoms with van der Waals surface area (Å²) in [4.78, 5) is 0.